The number of carbonyl (C=O) groups is 1. The van der Waals surface area contributed by atoms with Crippen LogP contribution in [0.1, 0.15) is 56.6 Å². The van der Waals surface area contributed by atoms with Crippen LogP contribution in [0.4, 0.5) is 5.95 Å². The van der Waals surface area contributed by atoms with Crippen molar-refractivity contribution in [2.45, 2.75) is 52.1 Å². The lowest BCUT2D eigenvalue weighted by molar-refractivity contribution is 0.0523. The van der Waals surface area contributed by atoms with E-state index >= 15 is 0 Å². The molecule has 5 nitrogen and oxygen atoms in total. The first-order valence-corrected chi connectivity index (χ1v) is 9.48. The molecule has 0 aliphatic carbocycles. The maximum absolute atomic E-state index is 13.2. The number of hydrogen-bond acceptors (Lipinski definition) is 4. The van der Waals surface area contributed by atoms with Crippen LogP contribution in [0.25, 0.3) is 11.3 Å². The minimum atomic E-state index is -0.435. The minimum absolute atomic E-state index is 0.0139. The van der Waals surface area contributed by atoms with Crippen LogP contribution in [0.2, 0.25) is 0 Å². The molecular formula is C21H26N4O. The number of nitrogens with zero attached hydrogens (tertiary/aromatic N) is 4. The highest BCUT2D eigenvalue weighted by molar-refractivity contribution is 6.00. The first kappa shape index (κ1) is 17.0. The van der Waals surface area contributed by atoms with Crippen LogP contribution < -0.4 is 4.90 Å². The predicted molar refractivity (Wildman–Crippen MR) is 103 cm³/mol. The SMILES string of the molecule is CC(C)N1C(=O)c2nc(N3CCCC3)nc(-c3ccccc3)c2C1(C)C. The molecule has 2 aliphatic heterocycles. The third kappa shape index (κ3) is 2.49. The maximum Gasteiger partial charge on any atom is 0.274 e. The van der Waals surface area contributed by atoms with Gasteiger partial charge < -0.3 is 9.80 Å². The lowest BCUT2D eigenvalue weighted by atomic mass is 9.90. The van der Waals surface area contributed by atoms with Gasteiger partial charge in [0.05, 0.1) is 11.2 Å². The van der Waals surface area contributed by atoms with Gasteiger partial charge in [0.1, 0.15) is 5.69 Å². The number of anilines is 1. The van der Waals surface area contributed by atoms with E-state index in [2.05, 4.69) is 44.7 Å². The van der Waals surface area contributed by atoms with Gasteiger partial charge in [-0.25, -0.2) is 9.97 Å². The molecule has 0 unspecified atom stereocenters. The van der Waals surface area contributed by atoms with Crippen LogP contribution in [0.5, 0.6) is 0 Å². The fourth-order valence-electron chi connectivity index (χ4n) is 4.42. The molecule has 136 valence electrons. The Bertz CT molecular complexity index is 839. The van der Waals surface area contributed by atoms with Crippen molar-refractivity contribution in [3.05, 3.63) is 41.6 Å². The van der Waals surface area contributed by atoms with Crippen molar-refractivity contribution in [3.63, 3.8) is 0 Å². The van der Waals surface area contributed by atoms with Gasteiger partial charge >= 0.3 is 0 Å². The molecule has 26 heavy (non-hydrogen) atoms. The van der Waals surface area contributed by atoms with Crippen molar-refractivity contribution in [1.82, 2.24) is 14.9 Å². The first-order chi connectivity index (χ1) is 12.4. The number of amides is 1. The van der Waals surface area contributed by atoms with E-state index in [1.54, 1.807) is 0 Å². The number of hydrogen-bond donors (Lipinski definition) is 0. The fourth-order valence-corrected chi connectivity index (χ4v) is 4.42. The van der Waals surface area contributed by atoms with Crippen molar-refractivity contribution in [2.75, 3.05) is 18.0 Å². The molecular weight excluding hydrogens is 324 g/mol. The van der Waals surface area contributed by atoms with E-state index < -0.39 is 5.54 Å². The lowest BCUT2D eigenvalue weighted by Crippen LogP contribution is -2.43. The van der Waals surface area contributed by atoms with E-state index in [4.69, 9.17) is 9.97 Å². The second-order valence-corrected chi connectivity index (χ2v) is 7.98. The van der Waals surface area contributed by atoms with Crippen molar-refractivity contribution in [3.8, 4) is 11.3 Å². The summed E-state index contributed by atoms with van der Waals surface area (Å²) in [6.45, 7) is 10.2. The largest absolute Gasteiger partial charge is 0.341 e. The molecule has 0 spiro atoms. The van der Waals surface area contributed by atoms with Crippen LogP contribution in [-0.2, 0) is 5.54 Å². The van der Waals surface area contributed by atoms with Gasteiger partial charge in [-0.05, 0) is 40.5 Å². The van der Waals surface area contributed by atoms with Crippen molar-refractivity contribution < 1.29 is 4.79 Å². The first-order valence-electron chi connectivity index (χ1n) is 9.48. The van der Waals surface area contributed by atoms with Crippen molar-refractivity contribution >= 4 is 11.9 Å². The Balaban J connectivity index is 1.96. The molecule has 0 atom stereocenters. The van der Waals surface area contributed by atoms with Crippen molar-refractivity contribution in [2.24, 2.45) is 0 Å². The Morgan fingerprint density at radius 3 is 2.23 bits per heavy atom. The molecule has 1 aromatic heterocycles. The van der Waals surface area contributed by atoms with E-state index in [0.29, 0.717) is 11.6 Å². The van der Waals surface area contributed by atoms with Gasteiger partial charge in [-0.2, -0.15) is 0 Å². The summed E-state index contributed by atoms with van der Waals surface area (Å²) in [6, 6.07) is 10.3. The van der Waals surface area contributed by atoms with Gasteiger partial charge in [-0.3, -0.25) is 4.79 Å². The summed E-state index contributed by atoms with van der Waals surface area (Å²) in [6.07, 6.45) is 2.30. The summed E-state index contributed by atoms with van der Waals surface area (Å²) in [5.41, 5.74) is 3.01. The van der Waals surface area contributed by atoms with Gasteiger partial charge in [0.2, 0.25) is 5.95 Å². The zero-order chi connectivity index (χ0) is 18.5. The third-order valence-electron chi connectivity index (χ3n) is 5.49. The van der Waals surface area contributed by atoms with E-state index in [0.717, 1.165) is 42.8 Å². The summed E-state index contributed by atoms with van der Waals surface area (Å²) in [4.78, 5) is 27.1. The average Bonchev–Trinajstić information content (AvgIpc) is 3.21. The molecule has 1 fully saturated rings. The van der Waals surface area contributed by atoms with Crippen LogP contribution >= 0.6 is 0 Å². The maximum atomic E-state index is 13.2. The number of carbonyl (C=O) groups excluding carboxylic acids is 1. The highest BCUT2D eigenvalue weighted by Crippen LogP contribution is 2.44. The third-order valence-corrected chi connectivity index (χ3v) is 5.49. The molecule has 0 radical (unpaired) electrons. The van der Waals surface area contributed by atoms with Gasteiger partial charge in [0, 0.05) is 30.3 Å². The standard InChI is InChI=1S/C21H26N4O/c1-14(2)25-19(26)18-16(21(25,3)4)17(15-10-6-5-7-11-15)22-20(23-18)24-12-8-9-13-24/h5-7,10-11,14H,8-9,12-13H2,1-4H3. The monoisotopic (exact) mass is 350 g/mol. The van der Waals surface area contributed by atoms with Crippen LogP contribution in [0, 0.1) is 0 Å². The van der Waals surface area contributed by atoms with E-state index in [1.165, 1.54) is 0 Å². The van der Waals surface area contributed by atoms with E-state index in [-0.39, 0.29) is 11.9 Å². The summed E-state index contributed by atoms with van der Waals surface area (Å²) in [5, 5.41) is 0. The Labute approximate surface area is 155 Å². The molecule has 5 heteroatoms. The predicted octanol–water partition coefficient (Wildman–Crippen LogP) is 3.84. The summed E-state index contributed by atoms with van der Waals surface area (Å²) >= 11 is 0. The van der Waals surface area contributed by atoms with E-state index in [9.17, 15) is 4.79 Å². The quantitative estimate of drug-likeness (QED) is 0.844. The number of benzene rings is 1. The molecule has 0 bridgehead atoms. The summed E-state index contributed by atoms with van der Waals surface area (Å²) < 4.78 is 0. The Morgan fingerprint density at radius 2 is 1.62 bits per heavy atom. The number of rotatable bonds is 3. The zero-order valence-electron chi connectivity index (χ0n) is 16.0. The average molecular weight is 350 g/mol. The molecule has 4 rings (SSSR count). The minimum Gasteiger partial charge on any atom is -0.341 e. The second-order valence-electron chi connectivity index (χ2n) is 7.98. The number of fused-ring (bicyclic) bond motifs is 1. The Hall–Kier alpha value is -2.43. The summed E-state index contributed by atoms with van der Waals surface area (Å²) in [7, 11) is 0. The molecule has 1 amide bonds. The highest BCUT2D eigenvalue weighted by atomic mass is 16.2. The number of aromatic nitrogens is 2. The topological polar surface area (TPSA) is 49.3 Å². The van der Waals surface area contributed by atoms with Gasteiger partial charge in [-0.15, -0.1) is 0 Å². The van der Waals surface area contributed by atoms with Crippen molar-refractivity contribution in [1.29, 1.82) is 0 Å². The molecule has 2 aliphatic rings. The van der Waals surface area contributed by atoms with Crippen LogP contribution in [0.15, 0.2) is 30.3 Å². The molecule has 0 saturated carbocycles. The zero-order valence-corrected chi connectivity index (χ0v) is 16.0. The second kappa shape index (κ2) is 6.08. The Kier molecular flexibility index (Phi) is 3.98. The van der Waals surface area contributed by atoms with Crippen LogP contribution in [-0.4, -0.2) is 39.9 Å². The molecule has 0 N–H and O–H groups in total. The molecule has 1 aromatic carbocycles. The molecule has 2 aromatic rings. The smallest absolute Gasteiger partial charge is 0.274 e. The van der Waals surface area contributed by atoms with Gasteiger partial charge in [0.15, 0.2) is 0 Å². The normalized spacial score (nSPS) is 18.7. The van der Waals surface area contributed by atoms with Gasteiger partial charge in [-0.1, -0.05) is 30.3 Å². The van der Waals surface area contributed by atoms with Gasteiger partial charge in [0.25, 0.3) is 5.91 Å². The highest BCUT2D eigenvalue weighted by Gasteiger charge is 2.48. The molecule has 3 heterocycles. The summed E-state index contributed by atoms with van der Waals surface area (Å²) in [5.74, 6) is 0.704. The van der Waals surface area contributed by atoms with Crippen LogP contribution in [0.3, 0.4) is 0 Å². The lowest BCUT2D eigenvalue weighted by Gasteiger charge is -2.36. The fraction of sp³-hybridized carbons (Fsp3) is 0.476. The Morgan fingerprint density at radius 1 is 1.00 bits per heavy atom. The van der Waals surface area contributed by atoms with E-state index in [1.807, 2.05) is 23.1 Å². The molecule has 1 saturated heterocycles.